The van der Waals surface area contributed by atoms with Crippen LogP contribution in [0.15, 0.2) is 24.3 Å². The molecule has 0 saturated carbocycles. The molecule has 1 fully saturated rings. The Morgan fingerprint density at radius 1 is 1.19 bits per heavy atom. The Labute approximate surface area is 193 Å². The number of carbonyl (C=O) groups excluding carboxylic acids is 2. The highest BCUT2D eigenvalue weighted by Crippen LogP contribution is 2.39. The number of nitrogens with one attached hydrogen (secondary N) is 1. The molecular weight excluding hydrogens is 424 g/mol. The minimum absolute atomic E-state index is 0.0233. The first-order chi connectivity index (χ1) is 15.6. The number of benzene rings is 1. The van der Waals surface area contributed by atoms with Gasteiger partial charge in [0.05, 0.1) is 19.3 Å². The lowest BCUT2D eigenvalue weighted by Gasteiger charge is -2.31. The standard InChI is InChI=1S/C25H32N2O4S/c1-3-31-25(29)22-20-9-4-5-10-21(20)32-24(22)26-23(28)18-11-13-27(14-12-18)16-17-7-6-8-19(15-17)30-2/h6-8,15,18H,3-5,9-14,16H2,1-2H3,(H,26,28). The van der Waals surface area contributed by atoms with Crippen molar-refractivity contribution in [1.82, 2.24) is 4.90 Å². The number of piperidine rings is 1. The van der Waals surface area contributed by atoms with Gasteiger partial charge in [0.2, 0.25) is 5.91 Å². The molecule has 0 unspecified atom stereocenters. The van der Waals surface area contributed by atoms with Crippen molar-refractivity contribution < 1.29 is 19.1 Å². The average Bonchev–Trinajstić information content (AvgIpc) is 3.17. The van der Waals surface area contributed by atoms with E-state index in [9.17, 15) is 9.59 Å². The van der Waals surface area contributed by atoms with Crippen LogP contribution in [0.1, 0.15) is 59.0 Å². The van der Waals surface area contributed by atoms with Gasteiger partial charge in [-0.1, -0.05) is 12.1 Å². The van der Waals surface area contributed by atoms with Gasteiger partial charge >= 0.3 is 5.97 Å². The molecule has 1 aliphatic carbocycles. The summed E-state index contributed by atoms with van der Waals surface area (Å²) in [6, 6.07) is 8.13. The predicted molar refractivity (Wildman–Crippen MR) is 127 cm³/mol. The molecule has 1 amide bonds. The summed E-state index contributed by atoms with van der Waals surface area (Å²) in [5.41, 5.74) is 2.90. The Bertz CT molecular complexity index is 963. The molecule has 32 heavy (non-hydrogen) atoms. The number of likely N-dealkylation sites (tertiary alicyclic amines) is 1. The number of thiophene rings is 1. The van der Waals surface area contributed by atoms with Gasteiger partial charge in [-0.3, -0.25) is 9.69 Å². The zero-order valence-corrected chi connectivity index (χ0v) is 19.8. The van der Waals surface area contributed by atoms with E-state index in [1.807, 2.05) is 19.1 Å². The number of hydrogen-bond acceptors (Lipinski definition) is 6. The first-order valence-corrected chi connectivity index (χ1v) is 12.4. The molecule has 6 nitrogen and oxygen atoms in total. The van der Waals surface area contributed by atoms with Crippen LogP contribution in [-0.2, 0) is 28.9 Å². The number of amides is 1. The third-order valence-corrected chi connectivity index (χ3v) is 7.59. The van der Waals surface area contributed by atoms with E-state index >= 15 is 0 Å². The van der Waals surface area contributed by atoms with Crippen LogP contribution in [0.3, 0.4) is 0 Å². The lowest BCUT2D eigenvalue weighted by atomic mass is 9.94. The minimum atomic E-state index is -0.310. The fourth-order valence-electron chi connectivity index (χ4n) is 4.67. The molecule has 2 aromatic rings. The van der Waals surface area contributed by atoms with Gasteiger partial charge in [-0.15, -0.1) is 11.3 Å². The van der Waals surface area contributed by atoms with Gasteiger partial charge in [0.15, 0.2) is 0 Å². The van der Waals surface area contributed by atoms with E-state index in [4.69, 9.17) is 9.47 Å². The maximum absolute atomic E-state index is 13.1. The summed E-state index contributed by atoms with van der Waals surface area (Å²) >= 11 is 1.56. The first-order valence-electron chi connectivity index (χ1n) is 11.6. The Balaban J connectivity index is 1.38. The zero-order chi connectivity index (χ0) is 22.5. The summed E-state index contributed by atoms with van der Waals surface area (Å²) in [6.45, 7) is 4.76. The number of anilines is 1. The van der Waals surface area contributed by atoms with Crippen molar-refractivity contribution in [1.29, 1.82) is 0 Å². The highest BCUT2D eigenvalue weighted by Gasteiger charge is 2.30. The third kappa shape index (κ3) is 5.15. The van der Waals surface area contributed by atoms with Gasteiger partial charge in [-0.25, -0.2) is 4.79 Å². The van der Waals surface area contributed by atoms with E-state index in [0.717, 1.165) is 69.5 Å². The quantitative estimate of drug-likeness (QED) is 0.614. The second-order valence-corrected chi connectivity index (χ2v) is 9.63. The van der Waals surface area contributed by atoms with E-state index in [1.54, 1.807) is 18.4 Å². The second-order valence-electron chi connectivity index (χ2n) is 8.53. The summed E-state index contributed by atoms with van der Waals surface area (Å²) < 4.78 is 10.6. The highest BCUT2D eigenvalue weighted by molar-refractivity contribution is 7.17. The molecule has 1 saturated heterocycles. The highest BCUT2D eigenvalue weighted by atomic mass is 32.1. The Morgan fingerprint density at radius 2 is 1.97 bits per heavy atom. The maximum Gasteiger partial charge on any atom is 0.341 e. The number of fused-ring (bicyclic) bond motifs is 1. The van der Waals surface area contributed by atoms with Crippen molar-refractivity contribution in [3.8, 4) is 5.75 Å². The Hall–Kier alpha value is -2.38. The fraction of sp³-hybridized carbons (Fsp3) is 0.520. The molecule has 1 aromatic carbocycles. The van der Waals surface area contributed by atoms with Crippen molar-refractivity contribution in [2.24, 2.45) is 5.92 Å². The second kappa shape index (κ2) is 10.5. The number of ether oxygens (including phenoxy) is 2. The molecule has 1 aromatic heterocycles. The normalized spacial score (nSPS) is 16.9. The van der Waals surface area contributed by atoms with Gasteiger partial charge in [0.1, 0.15) is 10.8 Å². The van der Waals surface area contributed by atoms with Crippen LogP contribution in [-0.4, -0.2) is 43.6 Å². The van der Waals surface area contributed by atoms with Crippen LogP contribution in [0.2, 0.25) is 0 Å². The fourth-order valence-corrected chi connectivity index (χ4v) is 5.95. The van der Waals surface area contributed by atoms with Crippen LogP contribution >= 0.6 is 11.3 Å². The molecule has 4 rings (SSSR count). The summed E-state index contributed by atoms with van der Waals surface area (Å²) in [4.78, 5) is 29.3. The van der Waals surface area contributed by atoms with Crippen LogP contribution in [0.4, 0.5) is 5.00 Å². The van der Waals surface area contributed by atoms with E-state index < -0.39 is 0 Å². The smallest absolute Gasteiger partial charge is 0.341 e. The molecule has 1 N–H and O–H groups in total. The molecule has 172 valence electrons. The molecule has 2 heterocycles. The van der Waals surface area contributed by atoms with E-state index in [0.29, 0.717) is 17.2 Å². The molecular formula is C25H32N2O4S. The number of carbonyl (C=O) groups is 2. The van der Waals surface area contributed by atoms with Crippen molar-refractivity contribution in [3.63, 3.8) is 0 Å². The number of methoxy groups -OCH3 is 1. The molecule has 7 heteroatoms. The summed E-state index contributed by atoms with van der Waals surface area (Å²) in [5, 5.41) is 3.78. The molecule has 0 atom stereocenters. The summed E-state index contributed by atoms with van der Waals surface area (Å²) in [5.74, 6) is 0.545. The largest absolute Gasteiger partial charge is 0.497 e. The van der Waals surface area contributed by atoms with Crippen molar-refractivity contribution in [2.45, 2.75) is 52.0 Å². The van der Waals surface area contributed by atoms with Crippen LogP contribution < -0.4 is 10.1 Å². The molecule has 2 aliphatic rings. The number of nitrogens with zero attached hydrogens (tertiary/aromatic N) is 1. The van der Waals surface area contributed by atoms with Crippen LogP contribution in [0.5, 0.6) is 5.75 Å². The molecule has 0 radical (unpaired) electrons. The summed E-state index contributed by atoms with van der Waals surface area (Å²) in [7, 11) is 1.68. The SMILES string of the molecule is CCOC(=O)c1c(NC(=O)C2CCN(Cc3cccc(OC)c3)CC2)sc2c1CCCC2. The zero-order valence-electron chi connectivity index (χ0n) is 18.9. The van der Waals surface area contributed by atoms with Gasteiger partial charge in [-0.05, 0) is 81.8 Å². The van der Waals surface area contributed by atoms with E-state index in [-0.39, 0.29) is 17.8 Å². The predicted octanol–water partition coefficient (Wildman–Crippen LogP) is 4.66. The Morgan fingerprint density at radius 3 is 2.72 bits per heavy atom. The number of aryl methyl sites for hydroxylation is 1. The van der Waals surface area contributed by atoms with Gasteiger partial charge in [-0.2, -0.15) is 0 Å². The average molecular weight is 457 g/mol. The topological polar surface area (TPSA) is 67.9 Å². The number of esters is 1. The molecule has 1 aliphatic heterocycles. The minimum Gasteiger partial charge on any atom is -0.497 e. The van der Waals surface area contributed by atoms with Crippen molar-refractivity contribution in [3.05, 3.63) is 45.8 Å². The first kappa shape index (κ1) is 22.8. The maximum atomic E-state index is 13.1. The van der Waals surface area contributed by atoms with Gasteiger partial charge < -0.3 is 14.8 Å². The van der Waals surface area contributed by atoms with Crippen LogP contribution in [0.25, 0.3) is 0 Å². The molecule has 0 spiro atoms. The van der Waals surface area contributed by atoms with E-state index in [1.165, 1.54) is 10.4 Å². The monoisotopic (exact) mass is 456 g/mol. The lowest BCUT2D eigenvalue weighted by Crippen LogP contribution is -2.37. The van der Waals surface area contributed by atoms with Gasteiger partial charge in [0, 0.05) is 17.3 Å². The molecule has 0 bridgehead atoms. The third-order valence-electron chi connectivity index (χ3n) is 6.39. The number of hydrogen-bond donors (Lipinski definition) is 1. The summed E-state index contributed by atoms with van der Waals surface area (Å²) in [6.07, 6.45) is 5.71. The number of rotatable bonds is 7. The van der Waals surface area contributed by atoms with Crippen molar-refractivity contribution in [2.75, 3.05) is 32.1 Å². The van der Waals surface area contributed by atoms with Crippen molar-refractivity contribution >= 4 is 28.2 Å². The van der Waals surface area contributed by atoms with E-state index in [2.05, 4.69) is 22.3 Å². The van der Waals surface area contributed by atoms with Crippen LogP contribution in [0, 0.1) is 5.92 Å². The Kier molecular flexibility index (Phi) is 7.48. The van der Waals surface area contributed by atoms with Gasteiger partial charge in [0.25, 0.3) is 0 Å². The lowest BCUT2D eigenvalue weighted by molar-refractivity contribution is -0.121.